The molecule has 0 radical (unpaired) electrons. The summed E-state index contributed by atoms with van der Waals surface area (Å²) < 4.78 is 16.9. The summed E-state index contributed by atoms with van der Waals surface area (Å²) in [5.74, 6) is 2.45. The van der Waals surface area contributed by atoms with Gasteiger partial charge >= 0.3 is 0 Å². The molecule has 1 aliphatic rings. The Hall–Kier alpha value is -1.72. The van der Waals surface area contributed by atoms with Crippen LogP contribution in [-0.4, -0.2) is 13.9 Å². The fraction of sp³-hybridized carbons (Fsp3) is 0.250. The van der Waals surface area contributed by atoms with Gasteiger partial charge in [0.05, 0.1) is 11.6 Å². The molecule has 110 valence electrons. The Bertz CT molecular complexity index is 645. The van der Waals surface area contributed by atoms with Gasteiger partial charge in [0, 0.05) is 13.1 Å². The molecule has 0 unspecified atom stereocenters. The molecule has 1 heterocycles. The quantitative estimate of drug-likeness (QED) is 0.896. The molecule has 0 aromatic heterocycles. The van der Waals surface area contributed by atoms with Crippen LogP contribution in [-0.2, 0) is 13.1 Å². The minimum absolute atomic E-state index is 0.286. The molecular formula is C16H16BrNO3. The summed E-state index contributed by atoms with van der Waals surface area (Å²) in [7, 11) is 1.68. The first-order valence-electron chi connectivity index (χ1n) is 6.68. The van der Waals surface area contributed by atoms with Crippen LogP contribution in [0.2, 0.25) is 0 Å². The van der Waals surface area contributed by atoms with E-state index in [9.17, 15) is 0 Å². The number of fused-ring (bicyclic) bond motifs is 1. The SMILES string of the molecule is COc1cccc(CNCc2cc(Br)c3c(c2)OCO3)c1. The second kappa shape index (κ2) is 6.37. The molecule has 1 aliphatic heterocycles. The number of hydrogen-bond donors (Lipinski definition) is 1. The van der Waals surface area contributed by atoms with E-state index in [1.807, 2.05) is 30.3 Å². The minimum atomic E-state index is 0.286. The highest BCUT2D eigenvalue weighted by Crippen LogP contribution is 2.39. The minimum Gasteiger partial charge on any atom is -0.497 e. The first kappa shape index (κ1) is 14.2. The predicted octanol–water partition coefficient (Wildman–Crippen LogP) is 3.48. The van der Waals surface area contributed by atoms with Crippen LogP contribution in [0.4, 0.5) is 0 Å². The molecule has 0 bridgehead atoms. The van der Waals surface area contributed by atoms with E-state index >= 15 is 0 Å². The molecule has 0 fully saturated rings. The Balaban J connectivity index is 1.61. The zero-order valence-corrected chi connectivity index (χ0v) is 13.3. The molecule has 21 heavy (non-hydrogen) atoms. The maximum atomic E-state index is 5.42. The molecule has 3 rings (SSSR count). The molecule has 4 nitrogen and oxygen atoms in total. The fourth-order valence-corrected chi connectivity index (χ4v) is 2.86. The van der Waals surface area contributed by atoms with Crippen molar-refractivity contribution in [2.75, 3.05) is 13.9 Å². The second-order valence-electron chi connectivity index (χ2n) is 4.77. The van der Waals surface area contributed by atoms with Crippen molar-refractivity contribution in [3.8, 4) is 17.2 Å². The van der Waals surface area contributed by atoms with Gasteiger partial charge in [0.2, 0.25) is 6.79 Å². The molecule has 5 heteroatoms. The Morgan fingerprint density at radius 2 is 2.00 bits per heavy atom. The lowest BCUT2D eigenvalue weighted by Crippen LogP contribution is -2.12. The van der Waals surface area contributed by atoms with E-state index in [2.05, 4.69) is 27.3 Å². The molecule has 0 amide bonds. The maximum Gasteiger partial charge on any atom is 0.231 e. The van der Waals surface area contributed by atoms with E-state index in [0.29, 0.717) is 0 Å². The van der Waals surface area contributed by atoms with Gasteiger partial charge in [-0.15, -0.1) is 0 Å². The van der Waals surface area contributed by atoms with Crippen LogP contribution in [0.25, 0.3) is 0 Å². The molecule has 1 N–H and O–H groups in total. The van der Waals surface area contributed by atoms with Crippen LogP contribution >= 0.6 is 15.9 Å². The fourth-order valence-electron chi connectivity index (χ4n) is 2.26. The van der Waals surface area contributed by atoms with E-state index < -0.39 is 0 Å². The highest BCUT2D eigenvalue weighted by Gasteiger charge is 2.17. The first-order chi connectivity index (χ1) is 10.3. The van der Waals surface area contributed by atoms with E-state index in [1.54, 1.807) is 7.11 Å². The molecule has 0 saturated heterocycles. The zero-order chi connectivity index (χ0) is 14.7. The summed E-state index contributed by atoms with van der Waals surface area (Å²) in [5, 5.41) is 3.41. The number of hydrogen-bond acceptors (Lipinski definition) is 4. The first-order valence-corrected chi connectivity index (χ1v) is 7.47. The van der Waals surface area contributed by atoms with E-state index in [4.69, 9.17) is 14.2 Å². The van der Waals surface area contributed by atoms with Crippen molar-refractivity contribution in [1.29, 1.82) is 0 Å². The van der Waals surface area contributed by atoms with Gasteiger partial charge in [-0.25, -0.2) is 0 Å². The molecular weight excluding hydrogens is 334 g/mol. The maximum absolute atomic E-state index is 5.42. The molecule has 0 spiro atoms. The van der Waals surface area contributed by atoms with Gasteiger partial charge in [-0.1, -0.05) is 12.1 Å². The Morgan fingerprint density at radius 3 is 2.86 bits per heavy atom. The summed E-state index contributed by atoms with van der Waals surface area (Å²) in [4.78, 5) is 0. The second-order valence-corrected chi connectivity index (χ2v) is 5.62. The number of ether oxygens (including phenoxy) is 3. The molecule has 0 aliphatic carbocycles. The Kier molecular flexibility index (Phi) is 4.31. The van der Waals surface area contributed by atoms with Gasteiger partial charge in [-0.2, -0.15) is 0 Å². The van der Waals surface area contributed by atoms with Crippen LogP contribution in [0.1, 0.15) is 11.1 Å². The third-order valence-corrected chi connectivity index (χ3v) is 3.87. The van der Waals surface area contributed by atoms with Crippen LogP contribution in [0.3, 0.4) is 0 Å². The number of halogens is 1. The van der Waals surface area contributed by atoms with Gasteiger partial charge in [-0.3, -0.25) is 0 Å². The number of nitrogens with one attached hydrogen (secondary N) is 1. The number of methoxy groups -OCH3 is 1. The van der Waals surface area contributed by atoms with Crippen LogP contribution < -0.4 is 19.5 Å². The largest absolute Gasteiger partial charge is 0.497 e. The highest BCUT2D eigenvalue weighted by molar-refractivity contribution is 9.10. The van der Waals surface area contributed by atoms with Gasteiger partial charge in [0.1, 0.15) is 5.75 Å². The van der Waals surface area contributed by atoms with E-state index in [0.717, 1.165) is 40.4 Å². The zero-order valence-electron chi connectivity index (χ0n) is 11.7. The number of benzene rings is 2. The van der Waals surface area contributed by atoms with Crippen molar-refractivity contribution >= 4 is 15.9 Å². The van der Waals surface area contributed by atoms with Crippen molar-refractivity contribution in [2.45, 2.75) is 13.1 Å². The van der Waals surface area contributed by atoms with Gasteiger partial charge in [-0.05, 0) is 51.3 Å². The van der Waals surface area contributed by atoms with Crippen LogP contribution in [0.5, 0.6) is 17.2 Å². The smallest absolute Gasteiger partial charge is 0.231 e. The monoisotopic (exact) mass is 349 g/mol. The van der Waals surface area contributed by atoms with Crippen molar-refractivity contribution in [2.24, 2.45) is 0 Å². The van der Waals surface area contributed by atoms with E-state index in [-0.39, 0.29) is 6.79 Å². The highest BCUT2D eigenvalue weighted by atomic mass is 79.9. The lowest BCUT2D eigenvalue weighted by atomic mass is 10.2. The lowest BCUT2D eigenvalue weighted by Gasteiger charge is -2.08. The van der Waals surface area contributed by atoms with Gasteiger partial charge in [0.15, 0.2) is 11.5 Å². The third-order valence-electron chi connectivity index (χ3n) is 3.28. The van der Waals surface area contributed by atoms with Crippen LogP contribution in [0, 0.1) is 0 Å². The van der Waals surface area contributed by atoms with Crippen molar-refractivity contribution in [3.63, 3.8) is 0 Å². The summed E-state index contributed by atoms with van der Waals surface area (Å²) in [6, 6.07) is 12.1. The summed E-state index contributed by atoms with van der Waals surface area (Å²) >= 11 is 3.50. The van der Waals surface area contributed by atoms with Crippen molar-refractivity contribution in [3.05, 3.63) is 52.0 Å². The molecule has 0 saturated carbocycles. The summed E-state index contributed by atoms with van der Waals surface area (Å²) in [6.07, 6.45) is 0. The normalized spacial score (nSPS) is 12.5. The van der Waals surface area contributed by atoms with Crippen molar-refractivity contribution in [1.82, 2.24) is 5.32 Å². The average Bonchev–Trinajstić information content (AvgIpc) is 2.96. The molecule has 2 aromatic carbocycles. The Labute approximate surface area is 132 Å². The molecule has 0 atom stereocenters. The topological polar surface area (TPSA) is 39.7 Å². The van der Waals surface area contributed by atoms with Crippen LogP contribution in [0.15, 0.2) is 40.9 Å². The number of rotatable bonds is 5. The summed E-state index contributed by atoms with van der Waals surface area (Å²) in [5.41, 5.74) is 2.34. The summed E-state index contributed by atoms with van der Waals surface area (Å²) in [6.45, 7) is 1.82. The standard InChI is InChI=1S/C16H16BrNO3/c1-19-13-4-2-3-11(5-13)8-18-9-12-6-14(17)16-15(7-12)20-10-21-16/h2-7,18H,8-10H2,1H3. The van der Waals surface area contributed by atoms with Crippen molar-refractivity contribution < 1.29 is 14.2 Å². The average molecular weight is 350 g/mol. The van der Waals surface area contributed by atoms with Gasteiger partial charge < -0.3 is 19.5 Å². The molecule has 2 aromatic rings. The lowest BCUT2D eigenvalue weighted by molar-refractivity contribution is 0.173. The third kappa shape index (κ3) is 3.31. The van der Waals surface area contributed by atoms with E-state index in [1.165, 1.54) is 5.56 Å². The predicted molar refractivity (Wildman–Crippen MR) is 83.8 cm³/mol. The van der Waals surface area contributed by atoms with Gasteiger partial charge in [0.25, 0.3) is 0 Å². The Morgan fingerprint density at radius 1 is 1.14 bits per heavy atom.